The Bertz CT molecular complexity index is 961. The van der Waals surface area contributed by atoms with Crippen LogP contribution in [0.25, 0.3) is 0 Å². The van der Waals surface area contributed by atoms with Crippen molar-refractivity contribution in [3.05, 3.63) is 59.3 Å². The van der Waals surface area contributed by atoms with Crippen molar-refractivity contribution < 1.29 is 9.50 Å². The van der Waals surface area contributed by atoms with E-state index in [-0.39, 0.29) is 5.92 Å². The van der Waals surface area contributed by atoms with Crippen LogP contribution < -0.4 is 4.90 Å². The molecule has 0 saturated carbocycles. The molecular weight excluding hydrogens is 377 g/mol. The maximum atomic E-state index is 13.7. The minimum absolute atomic E-state index is 0.255. The summed E-state index contributed by atoms with van der Waals surface area (Å²) in [5.41, 5.74) is 1.97. The van der Waals surface area contributed by atoms with Gasteiger partial charge in [-0.15, -0.1) is 0 Å². The van der Waals surface area contributed by atoms with Gasteiger partial charge < -0.3 is 10.0 Å². The number of nitrogens with zero attached hydrogens (tertiary/aromatic N) is 3. The van der Waals surface area contributed by atoms with Crippen LogP contribution in [-0.2, 0) is 6.42 Å². The van der Waals surface area contributed by atoms with Gasteiger partial charge in [0.2, 0.25) is 0 Å². The van der Waals surface area contributed by atoms with Crippen molar-refractivity contribution in [3.8, 4) is 11.8 Å². The van der Waals surface area contributed by atoms with Crippen LogP contribution >= 0.6 is 0 Å². The molecule has 5 heterocycles. The molecule has 5 heteroatoms. The Balaban J connectivity index is 1.46. The van der Waals surface area contributed by atoms with Crippen molar-refractivity contribution in [2.45, 2.75) is 37.5 Å². The fourth-order valence-corrected chi connectivity index (χ4v) is 4.99. The number of aliphatic hydroxyl groups is 1. The number of pyridine rings is 1. The van der Waals surface area contributed by atoms with Crippen LogP contribution in [0, 0.1) is 17.8 Å². The largest absolute Gasteiger partial charge is 0.376 e. The lowest BCUT2D eigenvalue weighted by molar-refractivity contribution is -0.0713. The summed E-state index contributed by atoms with van der Waals surface area (Å²) < 4.78 is 13.7. The van der Waals surface area contributed by atoms with Gasteiger partial charge >= 0.3 is 0 Å². The highest BCUT2D eigenvalue weighted by Gasteiger charge is 2.44. The zero-order valence-electron chi connectivity index (χ0n) is 17.2. The van der Waals surface area contributed by atoms with Gasteiger partial charge in [-0.2, -0.15) is 0 Å². The molecule has 0 unspecified atom stereocenters. The topological polar surface area (TPSA) is 39.6 Å². The third-order valence-corrected chi connectivity index (χ3v) is 6.77. The molecule has 0 radical (unpaired) electrons. The molecule has 2 bridgehead atoms. The van der Waals surface area contributed by atoms with Crippen molar-refractivity contribution in [2.24, 2.45) is 5.92 Å². The molecule has 4 nitrogen and oxygen atoms in total. The number of benzene rings is 1. The van der Waals surface area contributed by atoms with E-state index < -0.39 is 11.8 Å². The first-order valence-corrected chi connectivity index (χ1v) is 11.0. The second-order valence-electron chi connectivity index (χ2n) is 8.88. The highest BCUT2D eigenvalue weighted by atomic mass is 19.1. The van der Waals surface area contributed by atoms with Gasteiger partial charge in [0.1, 0.15) is 17.6 Å². The van der Waals surface area contributed by atoms with Crippen molar-refractivity contribution in [2.75, 3.05) is 37.6 Å². The standard InChI is InChI=1S/C25H28FN3O/c26-22-11-15-29(17-22)24-7-6-20(23(27-24)16-19-4-2-1-3-5-19)8-12-25(30)18-28-13-9-21(25)10-14-28/h1-7,21-22,30H,9-11,13-18H2/t22-,25-/m1/s1. The Morgan fingerprint density at radius 2 is 1.87 bits per heavy atom. The molecule has 0 amide bonds. The summed E-state index contributed by atoms with van der Waals surface area (Å²) in [5.74, 6) is 7.56. The molecule has 30 heavy (non-hydrogen) atoms. The number of rotatable bonds is 3. The summed E-state index contributed by atoms with van der Waals surface area (Å²) in [6, 6.07) is 14.1. The molecule has 0 aliphatic carbocycles. The summed E-state index contributed by atoms with van der Waals surface area (Å²) in [7, 11) is 0. The Kier molecular flexibility index (Phi) is 5.22. The Morgan fingerprint density at radius 3 is 2.53 bits per heavy atom. The summed E-state index contributed by atoms with van der Waals surface area (Å²) in [6.07, 6.45) is 2.47. The minimum atomic E-state index is -0.935. The van der Waals surface area contributed by atoms with Crippen LogP contribution in [0.15, 0.2) is 42.5 Å². The van der Waals surface area contributed by atoms with Crippen molar-refractivity contribution in [1.29, 1.82) is 0 Å². The lowest BCUT2D eigenvalue weighted by atomic mass is 9.75. The van der Waals surface area contributed by atoms with Crippen LogP contribution in [0.3, 0.4) is 0 Å². The van der Waals surface area contributed by atoms with Crippen LogP contribution in [0.1, 0.15) is 36.1 Å². The maximum absolute atomic E-state index is 13.7. The number of alkyl halides is 1. The molecule has 1 N–H and O–H groups in total. The highest BCUT2D eigenvalue weighted by Crippen LogP contribution is 2.35. The summed E-state index contributed by atoms with van der Waals surface area (Å²) in [4.78, 5) is 9.20. The van der Waals surface area contributed by atoms with Crippen LogP contribution in [0.5, 0.6) is 0 Å². The summed E-state index contributed by atoms with van der Waals surface area (Å²) in [5, 5.41) is 11.2. The van der Waals surface area contributed by atoms with Gasteiger partial charge in [0.05, 0.1) is 12.2 Å². The van der Waals surface area contributed by atoms with E-state index in [1.807, 2.05) is 35.2 Å². The molecule has 4 aliphatic rings. The molecule has 1 aromatic heterocycles. The van der Waals surface area contributed by atoms with Crippen LogP contribution in [0.2, 0.25) is 0 Å². The Hall–Kier alpha value is -2.42. The number of fused-ring (bicyclic) bond motifs is 3. The number of hydrogen-bond donors (Lipinski definition) is 1. The van der Waals surface area contributed by atoms with E-state index in [0.717, 1.165) is 48.6 Å². The highest BCUT2D eigenvalue weighted by molar-refractivity contribution is 5.50. The maximum Gasteiger partial charge on any atom is 0.141 e. The molecular formula is C25H28FN3O. The minimum Gasteiger partial charge on any atom is -0.376 e. The monoisotopic (exact) mass is 405 g/mol. The molecule has 6 rings (SSSR count). The van der Waals surface area contributed by atoms with E-state index in [0.29, 0.717) is 32.5 Å². The Morgan fingerprint density at radius 1 is 1.07 bits per heavy atom. The first kappa shape index (κ1) is 19.5. The van der Waals surface area contributed by atoms with Crippen molar-refractivity contribution >= 4 is 5.82 Å². The van der Waals surface area contributed by atoms with Crippen LogP contribution in [-0.4, -0.2) is 59.5 Å². The molecule has 2 atom stereocenters. The second-order valence-corrected chi connectivity index (χ2v) is 8.88. The van der Waals surface area contributed by atoms with Gasteiger partial charge in [0, 0.05) is 31.0 Å². The SMILES string of the molecule is O[C@]1(C#Cc2ccc(N3CC[C@@H](F)C3)nc2Cc2ccccc2)CN2CCC1CC2. The van der Waals surface area contributed by atoms with Gasteiger partial charge in [-0.05, 0) is 50.0 Å². The third kappa shape index (κ3) is 3.95. The number of anilines is 1. The van der Waals surface area contributed by atoms with Gasteiger partial charge in [-0.25, -0.2) is 9.37 Å². The quantitative estimate of drug-likeness (QED) is 0.797. The van der Waals surface area contributed by atoms with E-state index in [1.54, 1.807) is 0 Å². The predicted molar refractivity (Wildman–Crippen MR) is 116 cm³/mol. The van der Waals surface area contributed by atoms with E-state index in [9.17, 15) is 9.50 Å². The average Bonchev–Trinajstić information content (AvgIpc) is 3.20. The Labute approximate surface area is 177 Å². The fourth-order valence-electron chi connectivity index (χ4n) is 4.99. The van der Waals surface area contributed by atoms with Crippen LogP contribution in [0.4, 0.5) is 10.2 Å². The van der Waals surface area contributed by atoms with E-state index in [1.165, 1.54) is 0 Å². The molecule has 4 fully saturated rings. The van der Waals surface area contributed by atoms with Crippen molar-refractivity contribution in [3.63, 3.8) is 0 Å². The number of piperidine rings is 3. The first-order valence-electron chi connectivity index (χ1n) is 11.0. The predicted octanol–water partition coefficient (Wildman–Crippen LogP) is 3.03. The fraction of sp³-hybridized carbons (Fsp3) is 0.480. The normalized spacial score (nSPS) is 30.2. The number of halogens is 1. The smallest absolute Gasteiger partial charge is 0.141 e. The third-order valence-electron chi connectivity index (χ3n) is 6.77. The molecule has 1 aromatic carbocycles. The zero-order chi connectivity index (χ0) is 20.6. The first-order chi connectivity index (χ1) is 14.6. The van der Waals surface area contributed by atoms with E-state index >= 15 is 0 Å². The lowest BCUT2D eigenvalue weighted by Crippen LogP contribution is -2.58. The summed E-state index contributed by atoms with van der Waals surface area (Å²) in [6.45, 7) is 3.86. The molecule has 0 spiro atoms. The second kappa shape index (κ2) is 8.02. The number of aromatic nitrogens is 1. The molecule has 4 aliphatic heterocycles. The van der Waals surface area contributed by atoms with E-state index in [4.69, 9.17) is 4.98 Å². The summed E-state index contributed by atoms with van der Waals surface area (Å²) >= 11 is 0. The van der Waals surface area contributed by atoms with Crippen molar-refractivity contribution in [1.82, 2.24) is 9.88 Å². The van der Waals surface area contributed by atoms with Gasteiger partial charge in [0.15, 0.2) is 0 Å². The molecule has 2 aromatic rings. The van der Waals surface area contributed by atoms with Gasteiger partial charge in [-0.1, -0.05) is 42.2 Å². The molecule has 156 valence electrons. The van der Waals surface area contributed by atoms with E-state index in [2.05, 4.69) is 28.9 Å². The van der Waals surface area contributed by atoms with Gasteiger partial charge in [0.25, 0.3) is 0 Å². The molecule has 4 saturated heterocycles. The zero-order valence-corrected chi connectivity index (χ0v) is 17.2. The number of hydrogen-bond acceptors (Lipinski definition) is 4. The lowest BCUT2D eigenvalue weighted by Gasteiger charge is -2.47. The van der Waals surface area contributed by atoms with Gasteiger partial charge in [-0.3, -0.25) is 4.90 Å². The average molecular weight is 406 g/mol.